The maximum Gasteiger partial charge on any atom is 0.335 e. The molecule has 1 aromatic rings. The van der Waals surface area contributed by atoms with E-state index in [1.807, 2.05) is 13.8 Å². The topological polar surface area (TPSA) is 87.0 Å². The normalized spacial score (nSPS) is 22.5. The van der Waals surface area contributed by atoms with E-state index in [9.17, 15) is 20.1 Å². The van der Waals surface area contributed by atoms with Crippen LogP contribution in [0.25, 0.3) is 0 Å². The molecule has 0 amide bonds. The monoisotopic (exact) mass is 364 g/mol. The molecule has 1 aliphatic carbocycles. The van der Waals surface area contributed by atoms with Crippen LogP contribution in [-0.2, 0) is 4.74 Å². The van der Waals surface area contributed by atoms with Crippen LogP contribution in [0.5, 0.6) is 5.75 Å². The largest absolute Gasteiger partial charge is 0.508 e. The van der Waals surface area contributed by atoms with E-state index in [1.54, 1.807) is 13.2 Å². The van der Waals surface area contributed by atoms with Gasteiger partial charge in [0.25, 0.3) is 0 Å². The lowest BCUT2D eigenvalue weighted by Crippen LogP contribution is -2.38. The highest BCUT2D eigenvalue weighted by molar-refractivity contribution is 5.88. The minimum Gasteiger partial charge on any atom is -0.508 e. The van der Waals surface area contributed by atoms with Crippen LogP contribution in [0.3, 0.4) is 0 Å². The van der Waals surface area contributed by atoms with Crippen molar-refractivity contribution < 1.29 is 24.9 Å². The van der Waals surface area contributed by atoms with Crippen LogP contribution < -0.4 is 0 Å². The van der Waals surface area contributed by atoms with Gasteiger partial charge < -0.3 is 20.1 Å². The summed E-state index contributed by atoms with van der Waals surface area (Å²) >= 11 is 0. The molecule has 0 saturated carbocycles. The van der Waals surface area contributed by atoms with Gasteiger partial charge in [-0.1, -0.05) is 13.8 Å². The quantitative estimate of drug-likeness (QED) is 0.672. The van der Waals surface area contributed by atoms with Crippen molar-refractivity contribution in [1.82, 2.24) is 0 Å². The summed E-state index contributed by atoms with van der Waals surface area (Å²) in [6.45, 7) is 7.96. The molecule has 146 valence electrons. The summed E-state index contributed by atoms with van der Waals surface area (Å²) in [5, 5.41) is 30.1. The van der Waals surface area contributed by atoms with Crippen LogP contribution in [0.1, 0.15) is 86.7 Å². The first-order valence-corrected chi connectivity index (χ1v) is 9.41. The van der Waals surface area contributed by atoms with Crippen molar-refractivity contribution in [3.63, 3.8) is 0 Å². The Morgan fingerprint density at radius 3 is 2.54 bits per heavy atom. The third-order valence-corrected chi connectivity index (χ3v) is 6.15. The first kappa shape index (κ1) is 20.7. The van der Waals surface area contributed by atoms with Crippen molar-refractivity contribution >= 4 is 5.97 Å². The second-order valence-electron chi connectivity index (χ2n) is 8.27. The average Bonchev–Trinajstić information content (AvgIpc) is 2.58. The van der Waals surface area contributed by atoms with Gasteiger partial charge in [0.2, 0.25) is 0 Å². The number of ether oxygens (including phenoxy) is 1. The van der Waals surface area contributed by atoms with Gasteiger partial charge in [-0.3, -0.25) is 0 Å². The number of phenolic OH excluding ortho intramolecular Hbond substituents is 1. The Morgan fingerprint density at radius 2 is 1.96 bits per heavy atom. The molecular formula is C21H32O5. The number of phenols is 1. The lowest BCUT2D eigenvalue weighted by molar-refractivity contribution is -0.0819. The number of hydrogen-bond acceptors (Lipinski definition) is 4. The fraction of sp³-hybridized carbons (Fsp3) is 0.667. The van der Waals surface area contributed by atoms with Crippen molar-refractivity contribution in [3.8, 4) is 5.75 Å². The van der Waals surface area contributed by atoms with Crippen LogP contribution in [0.15, 0.2) is 12.1 Å². The average molecular weight is 364 g/mol. The maximum absolute atomic E-state index is 11.4. The van der Waals surface area contributed by atoms with Gasteiger partial charge >= 0.3 is 5.97 Å². The predicted octanol–water partition coefficient (Wildman–Crippen LogP) is 4.27. The third kappa shape index (κ3) is 4.21. The standard InChI is InChI=1S/C21H32O5/c1-12(7-9-18(23)21(3,4)26-5)15-8-6-13(2)19-16(15)10-14(20(24)25)11-17(19)22/h10-13,15,18,22-23H,6-9H2,1-5H3,(H,24,25). The van der Waals surface area contributed by atoms with E-state index in [0.717, 1.165) is 30.4 Å². The molecule has 0 heterocycles. The van der Waals surface area contributed by atoms with Gasteiger partial charge in [-0.2, -0.15) is 0 Å². The van der Waals surface area contributed by atoms with Crippen LogP contribution in [0, 0.1) is 5.92 Å². The summed E-state index contributed by atoms with van der Waals surface area (Å²) in [5.41, 5.74) is 1.38. The zero-order valence-electron chi connectivity index (χ0n) is 16.5. The molecule has 0 aromatic heterocycles. The van der Waals surface area contributed by atoms with Crippen molar-refractivity contribution in [2.75, 3.05) is 7.11 Å². The lowest BCUT2D eigenvalue weighted by Gasteiger charge is -2.35. The van der Waals surface area contributed by atoms with E-state index >= 15 is 0 Å². The molecule has 4 unspecified atom stereocenters. The summed E-state index contributed by atoms with van der Waals surface area (Å²) in [7, 11) is 1.60. The number of carboxylic acids is 1. The second-order valence-corrected chi connectivity index (χ2v) is 8.27. The van der Waals surface area contributed by atoms with E-state index in [4.69, 9.17) is 4.74 Å². The molecule has 26 heavy (non-hydrogen) atoms. The molecule has 0 fully saturated rings. The van der Waals surface area contributed by atoms with Gasteiger partial charge in [0, 0.05) is 12.7 Å². The highest BCUT2D eigenvalue weighted by Crippen LogP contribution is 2.47. The smallest absolute Gasteiger partial charge is 0.335 e. The van der Waals surface area contributed by atoms with E-state index in [2.05, 4.69) is 13.8 Å². The van der Waals surface area contributed by atoms with E-state index in [-0.39, 0.29) is 29.1 Å². The predicted molar refractivity (Wildman–Crippen MR) is 101 cm³/mol. The Kier molecular flexibility index (Phi) is 6.35. The van der Waals surface area contributed by atoms with Gasteiger partial charge in [-0.25, -0.2) is 4.79 Å². The van der Waals surface area contributed by atoms with Crippen molar-refractivity contribution in [1.29, 1.82) is 0 Å². The Hall–Kier alpha value is -1.59. The van der Waals surface area contributed by atoms with Crippen molar-refractivity contribution in [2.24, 2.45) is 5.92 Å². The minimum absolute atomic E-state index is 0.0878. The van der Waals surface area contributed by atoms with Crippen LogP contribution in [0.2, 0.25) is 0 Å². The first-order chi connectivity index (χ1) is 12.1. The zero-order valence-corrected chi connectivity index (χ0v) is 16.5. The van der Waals surface area contributed by atoms with Crippen LogP contribution in [-0.4, -0.2) is 40.1 Å². The molecule has 1 aromatic carbocycles. The lowest BCUT2D eigenvalue weighted by atomic mass is 9.70. The number of aromatic carboxylic acids is 1. The summed E-state index contributed by atoms with van der Waals surface area (Å²) in [6, 6.07) is 3.08. The van der Waals surface area contributed by atoms with Gasteiger partial charge in [0.15, 0.2) is 0 Å². The Balaban J connectivity index is 2.24. The third-order valence-electron chi connectivity index (χ3n) is 6.15. The number of fused-ring (bicyclic) bond motifs is 1. The summed E-state index contributed by atoms with van der Waals surface area (Å²) in [4.78, 5) is 11.4. The number of carbonyl (C=O) groups is 1. The first-order valence-electron chi connectivity index (χ1n) is 9.41. The molecule has 5 heteroatoms. The van der Waals surface area contributed by atoms with E-state index < -0.39 is 17.7 Å². The van der Waals surface area contributed by atoms with E-state index in [1.165, 1.54) is 6.07 Å². The number of aliphatic hydroxyl groups excluding tert-OH is 1. The Bertz CT molecular complexity index is 652. The number of benzene rings is 1. The number of rotatable bonds is 7. The van der Waals surface area contributed by atoms with Gasteiger partial charge in [-0.15, -0.1) is 0 Å². The molecule has 0 bridgehead atoms. The Morgan fingerprint density at radius 1 is 1.31 bits per heavy atom. The number of carboxylic acid groups (broad SMARTS) is 1. The molecule has 1 aliphatic rings. The van der Waals surface area contributed by atoms with Crippen molar-refractivity contribution in [3.05, 3.63) is 28.8 Å². The number of aliphatic hydroxyl groups is 1. The Labute approximate surface area is 156 Å². The molecule has 2 rings (SSSR count). The molecule has 4 atom stereocenters. The van der Waals surface area contributed by atoms with Crippen LogP contribution >= 0.6 is 0 Å². The maximum atomic E-state index is 11.4. The molecular weight excluding hydrogens is 332 g/mol. The number of methoxy groups -OCH3 is 1. The zero-order chi connectivity index (χ0) is 19.6. The van der Waals surface area contributed by atoms with Crippen molar-refractivity contribution in [2.45, 2.75) is 76.9 Å². The summed E-state index contributed by atoms with van der Waals surface area (Å²) in [6.07, 6.45) is 2.80. The molecule has 0 radical (unpaired) electrons. The minimum atomic E-state index is -1.02. The fourth-order valence-electron chi connectivity index (χ4n) is 4.05. The molecule has 0 aliphatic heterocycles. The second kappa shape index (κ2) is 7.97. The fourth-order valence-corrected chi connectivity index (χ4v) is 4.05. The number of hydrogen-bond donors (Lipinski definition) is 3. The van der Waals surface area contributed by atoms with Gasteiger partial charge in [0.1, 0.15) is 5.75 Å². The molecule has 0 saturated heterocycles. The van der Waals surface area contributed by atoms with Gasteiger partial charge in [-0.05, 0) is 75.0 Å². The molecule has 5 nitrogen and oxygen atoms in total. The highest BCUT2D eigenvalue weighted by Gasteiger charge is 2.33. The molecule has 3 N–H and O–H groups in total. The number of aromatic hydroxyl groups is 1. The SMILES string of the molecule is COC(C)(C)C(O)CCC(C)C1CCC(C)c2c(O)cc(C(=O)O)cc21. The van der Waals surface area contributed by atoms with Crippen LogP contribution in [0.4, 0.5) is 0 Å². The van der Waals surface area contributed by atoms with E-state index in [0.29, 0.717) is 6.42 Å². The molecule has 0 spiro atoms. The van der Waals surface area contributed by atoms with Gasteiger partial charge in [0.05, 0.1) is 17.3 Å². The highest BCUT2D eigenvalue weighted by atomic mass is 16.5. The summed E-state index contributed by atoms with van der Waals surface area (Å²) < 4.78 is 5.36. The summed E-state index contributed by atoms with van der Waals surface area (Å²) in [5.74, 6) is -0.264.